The molecule has 4 aromatic carbocycles. The van der Waals surface area contributed by atoms with Gasteiger partial charge in [-0.25, -0.2) is 0 Å². The van der Waals surface area contributed by atoms with Gasteiger partial charge in [0.1, 0.15) is 52.3 Å². The molecule has 10 nitrogen and oxygen atoms in total. The summed E-state index contributed by atoms with van der Waals surface area (Å²) in [4.78, 5) is 18.2. The molecular formula is C35H36Cl16O10Ta. The molecule has 0 aliphatic carbocycles. The molecular weight excluding hydrogens is 1330 g/mol. The van der Waals surface area contributed by atoms with Gasteiger partial charge in [-0.05, 0) is 20.8 Å². The molecule has 353 valence electrons. The molecule has 0 heterocycles. The van der Waals surface area contributed by atoms with E-state index in [0.29, 0.717) is 0 Å². The molecule has 0 saturated carbocycles. The number of phenolic OH excluding ortho intramolecular Hbond substituents is 7. The molecule has 1 radical (unpaired) electrons. The largest absolute Gasteiger partial charge is 0.503 e. The third kappa shape index (κ3) is 21.7. The van der Waals surface area contributed by atoms with Crippen molar-refractivity contribution in [3.63, 3.8) is 0 Å². The number of ether oxygens (including phenoxy) is 1. The van der Waals surface area contributed by atoms with Gasteiger partial charge in [0.25, 0.3) is 0 Å². The van der Waals surface area contributed by atoms with Gasteiger partial charge < -0.3 is 50.1 Å². The minimum atomic E-state index is -0.573. The Hall–Kier alpha value is 0.000260. The molecule has 0 aliphatic heterocycles. The van der Waals surface area contributed by atoms with Crippen molar-refractivity contribution in [2.75, 3.05) is 7.11 Å². The molecule has 0 aromatic heterocycles. The number of benzene rings is 4. The van der Waals surface area contributed by atoms with Gasteiger partial charge in [0.15, 0.2) is 46.0 Å². The van der Waals surface area contributed by atoms with E-state index in [2.05, 4.69) is 0 Å². The van der Waals surface area contributed by atoms with Crippen LogP contribution in [0.2, 0.25) is 80.4 Å². The van der Waals surface area contributed by atoms with Gasteiger partial charge in [-0.3, -0.25) is 0 Å². The van der Waals surface area contributed by atoms with Crippen molar-refractivity contribution in [2.24, 2.45) is 0 Å². The average Bonchev–Trinajstić information content (AvgIpc) is 3.23. The van der Waals surface area contributed by atoms with Crippen molar-refractivity contribution in [1.29, 1.82) is 0 Å². The molecule has 62 heavy (non-hydrogen) atoms. The van der Waals surface area contributed by atoms with Crippen LogP contribution in [0.25, 0.3) is 0 Å². The Morgan fingerprint density at radius 2 is 0.500 bits per heavy atom. The standard InChI is InChI=1S/C7H4Cl4O2.3C6H2Cl4O2.C3H6O.C2H4O.2C2H6.CH4.Ta/c1-13-7-5(11)3(9)2(8)4(10)6(7)12;3*7-1-2(8)4(10)6(12)5(11)3(1)9;1-3(2)4;1-2-3;2*1-2;;/h12H,1H3;3*11-12H;1-2H3;2H,1H3;2*1-2H3;1H4;. The van der Waals surface area contributed by atoms with E-state index in [-0.39, 0.29) is 127 Å². The maximum Gasteiger partial charge on any atom is 0.182 e. The predicted molar refractivity (Wildman–Crippen MR) is 262 cm³/mol. The maximum absolute atomic E-state index is 9.44. The summed E-state index contributed by atoms with van der Waals surface area (Å²) in [5, 5.41) is 62.1. The topological polar surface area (TPSA) is 185 Å². The zero-order chi connectivity index (χ0) is 48.8. The van der Waals surface area contributed by atoms with Gasteiger partial charge in [-0.15, -0.1) is 0 Å². The molecule has 0 spiro atoms. The minimum absolute atomic E-state index is 0. The molecule has 0 atom stereocenters. The van der Waals surface area contributed by atoms with E-state index in [1.165, 1.54) is 27.9 Å². The van der Waals surface area contributed by atoms with E-state index in [9.17, 15) is 9.90 Å². The monoisotopic (exact) mass is 1360 g/mol. The predicted octanol–water partition coefficient (Wildman–Crippen LogP) is 18.6. The summed E-state index contributed by atoms with van der Waals surface area (Å²) in [6.45, 7) is 12.5. The third-order valence-corrected chi connectivity index (χ3v) is 12.2. The molecule has 0 aliphatic rings. The number of carbonyl (C=O) groups excluding carboxylic acids is 2. The van der Waals surface area contributed by atoms with Gasteiger partial charge in [-0.2, -0.15) is 0 Å². The number of methoxy groups -OCH3 is 1. The van der Waals surface area contributed by atoms with E-state index >= 15 is 0 Å². The van der Waals surface area contributed by atoms with Crippen molar-refractivity contribution >= 4 is 198 Å². The van der Waals surface area contributed by atoms with Crippen molar-refractivity contribution in [3.05, 3.63) is 80.4 Å². The summed E-state index contributed by atoms with van der Waals surface area (Å²) < 4.78 is 4.78. The summed E-state index contributed by atoms with van der Waals surface area (Å²) in [5.41, 5.74) is 0. The number of Topliss-reactive ketones (excluding diaryl/α,β-unsaturated/α-hetero) is 1. The summed E-state index contributed by atoms with van der Waals surface area (Å²) >= 11 is 88.8. The van der Waals surface area contributed by atoms with Crippen molar-refractivity contribution < 1.29 is 72.5 Å². The van der Waals surface area contributed by atoms with Crippen LogP contribution in [0.1, 0.15) is 55.9 Å². The van der Waals surface area contributed by atoms with Crippen LogP contribution in [0, 0.1) is 0 Å². The number of halogens is 16. The van der Waals surface area contributed by atoms with Crippen LogP contribution in [0.4, 0.5) is 0 Å². The average molecular weight is 1360 g/mol. The van der Waals surface area contributed by atoms with Crippen LogP contribution >= 0.6 is 186 Å². The number of aldehydes is 1. The Morgan fingerprint density at radius 1 is 0.387 bits per heavy atom. The molecule has 7 N–H and O–H groups in total. The van der Waals surface area contributed by atoms with Crippen LogP contribution in [0.15, 0.2) is 0 Å². The summed E-state index contributed by atoms with van der Waals surface area (Å²) in [6, 6.07) is 0. The van der Waals surface area contributed by atoms with E-state index < -0.39 is 34.5 Å². The van der Waals surface area contributed by atoms with E-state index in [1.54, 1.807) is 0 Å². The first-order chi connectivity index (χ1) is 27.5. The van der Waals surface area contributed by atoms with Gasteiger partial charge in [0, 0.05) is 22.4 Å². The van der Waals surface area contributed by atoms with Gasteiger partial charge in [0.05, 0.1) is 47.3 Å². The minimum Gasteiger partial charge on any atom is -0.503 e. The van der Waals surface area contributed by atoms with Crippen molar-refractivity contribution in [2.45, 2.75) is 55.9 Å². The zero-order valence-electron chi connectivity index (χ0n) is 31.9. The first-order valence-corrected chi connectivity index (χ1v) is 21.3. The maximum atomic E-state index is 9.44. The Labute approximate surface area is 454 Å². The van der Waals surface area contributed by atoms with Crippen LogP contribution in [-0.4, -0.2) is 54.9 Å². The fourth-order valence-corrected chi connectivity index (χ4v) is 6.01. The Balaban J connectivity index is -0.000000155. The van der Waals surface area contributed by atoms with Crippen LogP contribution in [0.5, 0.6) is 46.0 Å². The molecule has 4 rings (SSSR count). The van der Waals surface area contributed by atoms with Crippen LogP contribution in [0.3, 0.4) is 0 Å². The quantitative estimate of drug-likeness (QED) is 0.0419. The number of phenols is 7. The normalized spacial score (nSPS) is 8.97. The van der Waals surface area contributed by atoms with Gasteiger partial charge in [-0.1, -0.05) is 221 Å². The van der Waals surface area contributed by atoms with E-state index in [0.717, 1.165) is 6.29 Å². The van der Waals surface area contributed by atoms with Crippen LogP contribution in [-0.2, 0) is 32.0 Å². The second-order valence-electron chi connectivity index (χ2n) is 9.14. The third-order valence-electron chi connectivity index (χ3n) is 5.06. The number of aromatic hydroxyl groups is 7. The first-order valence-electron chi connectivity index (χ1n) is 15.2. The van der Waals surface area contributed by atoms with Crippen LogP contribution < -0.4 is 4.74 Å². The summed E-state index contributed by atoms with van der Waals surface area (Å²) in [5.74, 6) is -3.57. The zero-order valence-corrected chi connectivity index (χ0v) is 47.2. The SMILES string of the molecule is C.CC.CC.CC(C)=O.CC=O.COc1c(O)c(Cl)c(Cl)c(Cl)c1Cl.Oc1c(O)c(Cl)c(Cl)c(Cl)c1Cl.Oc1c(O)c(Cl)c(Cl)c(Cl)c1Cl.Oc1c(O)c(Cl)c(Cl)c(Cl)c1Cl.[Ta]. The number of ketones is 1. The van der Waals surface area contributed by atoms with Crippen molar-refractivity contribution in [3.8, 4) is 46.0 Å². The molecule has 0 amide bonds. The van der Waals surface area contributed by atoms with Gasteiger partial charge in [0.2, 0.25) is 0 Å². The fourth-order valence-electron chi connectivity index (χ4n) is 2.61. The molecule has 0 saturated heterocycles. The molecule has 0 bridgehead atoms. The smallest absolute Gasteiger partial charge is 0.182 e. The first kappa shape index (κ1) is 73.6. The number of carbonyl (C=O) groups is 2. The van der Waals surface area contributed by atoms with Gasteiger partial charge >= 0.3 is 0 Å². The van der Waals surface area contributed by atoms with E-state index in [4.69, 9.17) is 226 Å². The van der Waals surface area contributed by atoms with E-state index in [1.807, 2.05) is 27.7 Å². The second kappa shape index (κ2) is 37.0. The number of hydrogen-bond acceptors (Lipinski definition) is 10. The Bertz CT molecular complexity index is 1570. The van der Waals surface area contributed by atoms with Crippen molar-refractivity contribution in [1.82, 2.24) is 0 Å². The Morgan fingerprint density at radius 3 is 0.629 bits per heavy atom. The summed E-state index contributed by atoms with van der Waals surface area (Å²) in [6.07, 6.45) is 0.750. The number of rotatable bonds is 1. The number of hydrogen-bond donors (Lipinski definition) is 7. The molecule has 4 aromatic rings. The fraction of sp³-hybridized carbons (Fsp3) is 0.257. The summed E-state index contributed by atoms with van der Waals surface area (Å²) in [7, 11) is 1.33. The molecule has 0 unspecified atom stereocenters. The molecule has 0 fully saturated rings. The Kier molecular flexibility index (Phi) is 43.9. The molecule has 27 heteroatoms. The second-order valence-corrected chi connectivity index (χ2v) is 15.2.